The summed E-state index contributed by atoms with van der Waals surface area (Å²) in [6, 6.07) is 2.12. The van der Waals surface area contributed by atoms with Gasteiger partial charge in [-0.3, -0.25) is 0 Å². The predicted molar refractivity (Wildman–Crippen MR) is 82.5 cm³/mol. The molecule has 2 amide bonds. The van der Waals surface area contributed by atoms with Gasteiger partial charge >= 0.3 is 6.03 Å². The second kappa shape index (κ2) is 6.55. The number of carbonyl (C=O) groups is 1. The molecule has 1 aliphatic rings. The monoisotopic (exact) mass is 319 g/mol. The average molecular weight is 319 g/mol. The van der Waals surface area contributed by atoms with Crippen molar-refractivity contribution in [3.8, 4) is 0 Å². The molecule has 0 atom stereocenters. The van der Waals surface area contributed by atoms with Crippen LogP contribution in [0.3, 0.4) is 0 Å². The molecule has 0 unspecified atom stereocenters. The van der Waals surface area contributed by atoms with Gasteiger partial charge in [-0.2, -0.15) is 0 Å². The van der Waals surface area contributed by atoms with Crippen LogP contribution < -0.4 is 15.5 Å². The number of urea groups is 1. The maximum Gasteiger partial charge on any atom is 0.323 e. The summed E-state index contributed by atoms with van der Waals surface area (Å²) in [5, 5.41) is 4.71. The van der Waals surface area contributed by atoms with E-state index in [0.717, 1.165) is 44.1 Å². The minimum Gasteiger partial charge on any atom is -0.341 e. The summed E-state index contributed by atoms with van der Waals surface area (Å²) < 4.78 is 26.5. The first-order valence-corrected chi connectivity index (χ1v) is 7.22. The number of hydrogen-bond acceptors (Lipinski definition) is 4. The molecule has 1 aliphatic heterocycles. The van der Waals surface area contributed by atoms with Crippen LogP contribution in [0.15, 0.2) is 30.6 Å². The van der Waals surface area contributed by atoms with Gasteiger partial charge in [-0.25, -0.2) is 23.5 Å². The molecule has 1 fully saturated rings. The fourth-order valence-electron chi connectivity index (χ4n) is 2.34. The lowest BCUT2D eigenvalue weighted by molar-refractivity contribution is 0.262. The van der Waals surface area contributed by atoms with Crippen molar-refractivity contribution in [2.45, 2.75) is 12.8 Å². The largest absolute Gasteiger partial charge is 0.341 e. The SMILES string of the molecule is O=C(Nc1cnc(N2CCCC2)nc1)Nc1cc(F)ccc1F. The zero-order chi connectivity index (χ0) is 16.2. The van der Waals surface area contributed by atoms with E-state index in [2.05, 4.69) is 25.5 Å². The highest BCUT2D eigenvalue weighted by molar-refractivity contribution is 5.99. The molecule has 8 heteroatoms. The van der Waals surface area contributed by atoms with Crippen LogP contribution in [0.5, 0.6) is 0 Å². The summed E-state index contributed by atoms with van der Waals surface area (Å²) >= 11 is 0. The summed E-state index contributed by atoms with van der Waals surface area (Å²) in [7, 11) is 0. The van der Waals surface area contributed by atoms with Gasteiger partial charge in [0, 0.05) is 19.2 Å². The van der Waals surface area contributed by atoms with Crippen molar-refractivity contribution in [3.05, 3.63) is 42.2 Å². The fourth-order valence-corrected chi connectivity index (χ4v) is 2.34. The highest BCUT2D eigenvalue weighted by atomic mass is 19.1. The Morgan fingerprint density at radius 3 is 2.48 bits per heavy atom. The number of aromatic nitrogens is 2. The minimum absolute atomic E-state index is 0.239. The molecule has 1 aromatic carbocycles. The van der Waals surface area contributed by atoms with E-state index >= 15 is 0 Å². The zero-order valence-corrected chi connectivity index (χ0v) is 12.2. The lowest BCUT2D eigenvalue weighted by Crippen LogP contribution is -2.22. The van der Waals surface area contributed by atoms with Gasteiger partial charge in [-0.05, 0) is 25.0 Å². The van der Waals surface area contributed by atoms with Crippen LogP contribution in [-0.4, -0.2) is 29.1 Å². The van der Waals surface area contributed by atoms with Gasteiger partial charge in [0.2, 0.25) is 5.95 Å². The summed E-state index contributed by atoms with van der Waals surface area (Å²) in [4.78, 5) is 22.3. The van der Waals surface area contributed by atoms with Crippen LogP contribution in [0.2, 0.25) is 0 Å². The van der Waals surface area contributed by atoms with Crippen LogP contribution in [0.4, 0.5) is 30.9 Å². The third-order valence-electron chi connectivity index (χ3n) is 3.46. The zero-order valence-electron chi connectivity index (χ0n) is 12.2. The van der Waals surface area contributed by atoms with E-state index in [1.165, 1.54) is 12.4 Å². The average Bonchev–Trinajstić information content (AvgIpc) is 3.06. The Balaban J connectivity index is 1.62. The van der Waals surface area contributed by atoms with Crippen molar-refractivity contribution in [3.63, 3.8) is 0 Å². The van der Waals surface area contributed by atoms with Gasteiger partial charge in [-0.1, -0.05) is 0 Å². The number of rotatable bonds is 3. The number of carbonyl (C=O) groups excluding carboxylic acids is 1. The number of halogens is 2. The van der Waals surface area contributed by atoms with Gasteiger partial charge in [0.15, 0.2) is 0 Å². The standard InChI is InChI=1S/C15H15F2N5O/c16-10-3-4-12(17)13(7-10)21-15(23)20-11-8-18-14(19-9-11)22-5-1-2-6-22/h3-4,7-9H,1-2,5-6H2,(H2,20,21,23). The molecule has 0 bridgehead atoms. The molecule has 0 saturated carbocycles. The molecular weight excluding hydrogens is 304 g/mol. The number of hydrogen-bond donors (Lipinski definition) is 2. The molecule has 0 spiro atoms. The Kier molecular flexibility index (Phi) is 4.31. The molecule has 2 N–H and O–H groups in total. The van der Waals surface area contributed by atoms with E-state index in [9.17, 15) is 13.6 Å². The molecular formula is C15H15F2N5O. The van der Waals surface area contributed by atoms with Gasteiger partial charge in [0.05, 0.1) is 23.8 Å². The van der Waals surface area contributed by atoms with E-state index < -0.39 is 17.7 Å². The highest BCUT2D eigenvalue weighted by Gasteiger charge is 2.15. The number of nitrogens with one attached hydrogen (secondary N) is 2. The second-order valence-electron chi connectivity index (χ2n) is 5.17. The van der Waals surface area contributed by atoms with Crippen molar-refractivity contribution >= 4 is 23.4 Å². The van der Waals surface area contributed by atoms with E-state index in [0.29, 0.717) is 11.6 Å². The molecule has 2 heterocycles. The van der Waals surface area contributed by atoms with Crippen molar-refractivity contribution < 1.29 is 13.6 Å². The van der Waals surface area contributed by atoms with Gasteiger partial charge in [0.25, 0.3) is 0 Å². The molecule has 2 aromatic rings. The Hall–Kier alpha value is -2.77. The Bertz CT molecular complexity index is 702. The minimum atomic E-state index is -0.720. The summed E-state index contributed by atoms with van der Waals surface area (Å²) in [6.07, 6.45) is 5.18. The van der Waals surface area contributed by atoms with Gasteiger partial charge < -0.3 is 15.5 Å². The Labute approximate surface area is 131 Å². The summed E-state index contributed by atoms with van der Waals surface area (Å²) in [5.41, 5.74) is 0.124. The third-order valence-corrected chi connectivity index (χ3v) is 3.46. The quantitative estimate of drug-likeness (QED) is 0.912. The molecule has 1 saturated heterocycles. The highest BCUT2D eigenvalue weighted by Crippen LogP contribution is 2.17. The van der Waals surface area contributed by atoms with Crippen LogP contribution in [0.1, 0.15) is 12.8 Å². The van der Waals surface area contributed by atoms with E-state index in [1.54, 1.807) is 0 Å². The number of amides is 2. The molecule has 1 aromatic heterocycles. The van der Waals surface area contributed by atoms with E-state index in [1.807, 2.05) is 0 Å². The summed E-state index contributed by atoms with van der Waals surface area (Å²) in [6.45, 7) is 1.85. The van der Waals surface area contributed by atoms with Crippen LogP contribution >= 0.6 is 0 Å². The van der Waals surface area contributed by atoms with Crippen LogP contribution in [0.25, 0.3) is 0 Å². The van der Waals surface area contributed by atoms with Crippen LogP contribution in [0, 0.1) is 11.6 Å². The lowest BCUT2D eigenvalue weighted by atomic mass is 10.3. The van der Waals surface area contributed by atoms with Gasteiger partial charge in [-0.15, -0.1) is 0 Å². The smallest absolute Gasteiger partial charge is 0.323 e. The van der Waals surface area contributed by atoms with Crippen molar-refractivity contribution in [2.75, 3.05) is 28.6 Å². The maximum absolute atomic E-state index is 13.5. The molecule has 0 radical (unpaired) electrons. The summed E-state index contributed by atoms with van der Waals surface area (Å²) in [5.74, 6) is -0.744. The van der Waals surface area contributed by atoms with Crippen molar-refractivity contribution in [1.29, 1.82) is 0 Å². The van der Waals surface area contributed by atoms with Crippen molar-refractivity contribution in [1.82, 2.24) is 9.97 Å². The molecule has 120 valence electrons. The Morgan fingerprint density at radius 2 is 1.78 bits per heavy atom. The van der Waals surface area contributed by atoms with E-state index in [-0.39, 0.29) is 5.69 Å². The second-order valence-corrected chi connectivity index (χ2v) is 5.17. The first-order chi connectivity index (χ1) is 11.1. The number of anilines is 3. The first-order valence-electron chi connectivity index (χ1n) is 7.22. The Morgan fingerprint density at radius 1 is 1.09 bits per heavy atom. The predicted octanol–water partition coefficient (Wildman–Crippen LogP) is 3.00. The molecule has 3 rings (SSSR count). The molecule has 6 nitrogen and oxygen atoms in total. The molecule has 0 aliphatic carbocycles. The maximum atomic E-state index is 13.5. The lowest BCUT2D eigenvalue weighted by Gasteiger charge is -2.15. The number of benzene rings is 1. The normalized spacial score (nSPS) is 13.9. The third kappa shape index (κ3) is 3.71. The van der Waals surface area contributed by atoms with E-state index in [4.69, 9.17) is 0 Å². The number of nitrogens with zero attached hydrogens (tertiary/aromatic N) is 3. The molecule has 23 heavy (non-hydrogen) atoms. The first kappa shape index (κ1) is 15.1. The van der Waals surface area contributed by atoms with Gasteiger partial charge in [0.1, 0.15) is 11.6 Å². The topological polar surface area (TPSA) is 70.2 Å². The van der Waals surface area contributed by atoms with Crippen LogP contribution in [-0.2, 0) is 0 Å². The van der Waals surface area contributed by atoms with Crippen molar-refractivity contribution in [2.24, 2.45) is 0 Å². The fraction of sp³-hybridized carbons (Fsp3) is 0.267.